The van der Waals surface area contributed by atoms with E-state index in [4.69, 9.17) is 9.47 Å². The van der Waals surface area contributed by atoms with Gasteiger partial charge in [0.25, 0.3) is 11.1 Å². The van der Waals surface area contributed by atoms with Gasteiger partial charge in [0.1, 0.15) is 16.5 Å². The first-order valence-corrected chi connectivity index (χ1v) is 11.7. The molecule has 3 aromatic rings. The lowest BCUT2D eigenvalue weighted by Gasteiger charge is -2.24. The Morgan fingerprint density at radius 1 is 1.16 bits per heavy atom. The molecule has 1 amide bonds. The van der Waals surface area contributed by atoms with Crippen molar-refractivity contribution in [3.63, 3.8) is 0 Å². The standard InChI is InChI=1S/C21H22BrN5O4S/c1-11-7-14(15-8-18(22)24-10-17(15)30-2)16(9-23-11)19(29)25-20-26-27-21(32-20)31-13-5-3-12(28)4-6-13/h7-10,12-13,28H,3-6H2,1-2H3,(H,25,26,29)/t12-,13-. The van der Waals surface area contributed by atoms with Gasteiger partial charge in [0.2, 0.25) is 5.13 Å². The largest absolute Gasteiger partial charge is 0.494 e. The van der Waals surface area contributed by atoms with Crippen molar-refractivity contribution in [2.45, 2.75) is 44.8 Å². The number of amides is 1. The first-order valence-electron chi connectivity index (χ1n) is 10.1. The number of anilines is 1. The molecule has 2 N–H and O–H groups in total. The number of methoxy groups -OCH3 is 1. The highest BCUT2D eigenvalue weighted by atomic mass is 79.9. The smallest absolute Gasteiger partial charge is 0.296 e. The molecule has 32 heavy (non-hydrogen) atoms. The van der Waals surface area contributed by atoms with E-state index in [2.05, 4.69) is 41.4 Å². The molecule has 0 atom stereocenters. The van der Waals surface area contributed by atoms with Gasteiger partial charge in [-0.25, -0.2) is 4.98 Å². The fourth-order valence-corrected chi connectivity index (χ4v) is 4.52. The molecule has 0 aromatic carbocycles. The number of carbonyl (C=O) groups is 1. The van der Waals surface area contributed by atoms with Gasteiger partial charge < -0.3 is 14.6 Å². The van der Waals surface area contributed by atoms with Crippen LogP contribution in [0.1, 0.15) is 41.7 Å². The van der Waals surface area contributed by atoms with Crippen molar-refractivity contribution in [2.24, 2.45) is 0 Å². The predicted molar refractivity (Wildman–Crippen MR) is 123 cm³/mol. The van der Waals surface area contributed by atoms with Gasteiger partial charge in [-0.3, -0.25) is 15.1 Å². The monoisotopic (exact) mass is 519 g/mol. The Morgan fingerprint density at radius 2 is 1.94 bits per heavy atom. The van der Waals surface area contributed by atoms with Gasteiger partial charge in [0.15, 0.2) is 0 Å². The second kappa shape index (κ2) is 9.88. The summed E-state index contributed by atoms with van der Waals surface area (Å²) < 4.78 is 11.9. The predicted octanol–water partition coefficient (Wildman–Crippen LogP) is 4.01. The molecule has 9 nitrogen and oxygen atoms in total. The minimum absolute atomic E-state index is 0.000374. The number of hydrogen-bond donors (Lipinski definition) is 2. The molecule has 1 fully saturated rings. The van der Waals surface area contributed by atoms with Gasteiger partial charge >= 0.3 is 0 Å². The summed E-state index contributed by atoms with van der Waals surface area (Å²) in [5.41, 5.74) is 2.50. The second-order valence-corrected chi connectivity index (χ2v) is 9.21. The van der Waals surface area contributed by atoms with Crippen molar-refractivity contribution in [1.29, 1.82) is 0 Å². The zero-order valence-corrected chi connectivity index (χ0v) is 19.9. The Hall–Kier alpha value is -2.63. The number of aryl methyl sites for hydroxylation is 1. The summed E-state index contributed by atoms with van der Waals surface area (Å²) in [4.78, 5) is 21.6. The van der Waals surface area contributed by atoms with Crippen LogP contribution in [-0.2, 0) is 0 Å². The highest BCUT2D eigenvalue weighted by molar-refractivity contribution is 9.10. The van der Waals surface area contributed by atoms with E-state index in [1.807, 2.05) is 13.0 Å². The van der Waals surface area contributed by atoms with E-state index >= 15 is 0 Å². The lowest BCUT2D eigenvalue weighted by Crippen LogP contribution is -2.26. The van der Waals surface area contributed by atoms with Crippen LogP contribution in [0, 0.1) is 6.92 Å². The molecule has 1 aliphatic rings. The average Bonchev–Trinajstić information content (AvgIpc) is 3.21. The van der Waals surface area contributed by atoms with Crippen molar-refractivity contribution in [2.75, 3.05) is 12.4 Å². The number of pyridine rings is 2. The van der Waals surface area contributed by atoms with E-state index in [1.165, 1.54) is 6.20 Å². The van der Waals surface area contributed by atoms with Gasteiger partial charge in [-0.15, -0.1) is 5.10 Å². The van der Waals surface area contributed by atoms with Crippen molar-refractivity contribution in [3.05, 3.63) is 40.4 Å². The summed E-state index contributed by atoms with van der Waals surface area (Å²) in [6, 6.07) is 3.62. The molecule has 3 aromatic heterocycles. The van der Waals surface area contributed by atoms with Crippen LogP contribution in [-0.4, -0.2) is 50.5 Å². The number of aliphatic hydroxyl groups is 1. The fraction of sp³-hybridized carbons (Fsp3) is 0.381. The Balaban J connectivity index is 1.54. The maximum absolute atomic E-state index is 13.1. The van der Waals surface area contributed by atoms with Gasteiger partial charge in [-0.05, 0) is 72.0 Å². The molecule has 0 radical (unpaired) electrons. The Bertz CT molecular complexity index is 1120. The number of ether oxygens (including phenoxy) is 2. The van der Waals surface area contributed by atoms with Crippen molar-refractivity contribution < 1.29 is 19.4 Å². The molecular weight excluding hydrogens is 498 g/mol. The minimum atomic E-state index is -0.369. The molecule has 11 heteroatoms. The summed E-state index contributed by atoms with van der Waals surface area (Å²) in [6.45, 7) is 1.85. The van der Waals surface area contributed by atoms with Crippen LogP contribution in [0.25, 0.3) is 11.1 Å². The third-order valence-corrected chi connectivity index (χ3v) is 6.33. The first kappa shape index (κ1) is 22.6. The molecule has 168 valence electrons. The fourth-order valence-electron chi connectivity index (χ4n) is 3.53. The third kappa shape index (κ3) is 5.22. The Labute approximate surface area is 197 Å². The number of hydrogen-bond acceptors (Lipinski definition) is 9. The van der Waals surface area contributed by atoms with E-state index in [9.17, 15) is 9.90 Å². The molecule has 0 bridgehead atoms. The van der Waals surface area contributed by atoms with E-state index in [1.54, 1.807) is 19.4 Å². The van der Waals surface area contributed by atoms with Gasteiger partial charge in [0.05, 0.1) is 25.0 Å². The Kier molecular flexibility index (Phi) is 6.97. The third-order valence-electron chi connectivity index (χ3n) is 5.17. The molecule has 1 aliphatic carbocycles. The van der Waals surface area contributed by atoms with Crippen LogP contribution in [0.4, 0.5) is 5.13 Å². The zero-order chi connectivity index (χ0) is 22.7. The molecule has 3 heterocycles. The molecule has 0 aliphatic heterocycles. The molecule has 4 rings (SSSR count). The van der Waals surface area contributed by atoms with Crippen molar-refractivity contribution >= 4 is 38.3 Å². The normalized spacial score (nSPS) is 18.2. The molecular formula is C21H22BrN5O4S. The highest BCUT2D eigenvalue weighted by Gasteiger charge is 2.23. The van der Waals surface area contributed by atoms with Crippen LogP contribution < -0.4 is 14.8 Å². The number of carbonyl (C=O) groups excluding carboxylic acids is 1. The number of nitrogens with zero attached hydrogens (tertiary/aromatic N) is 4. The SMILES string of the molecule is COc1cnc(Br)cc1-c1cc(C)ncc1C(=O)Nc1nnc(O[C@H]2CC[C@H](O)CC2)s1. The number of nitrogens with one attached hydrogen (secondary N) is 1. The average molecular weight is 520 g/mol. The topological polar surface area (TPSA) is 119 Å². The number of aliphatic hydroxyl groups excluding tert-OH is 1. The van der Waals surface area contributed by atoms with E-state index in [0.29, 0.717) is 50.2 Å². The minimum Gasteiger partial charge on any atom is -0.494 e. The van der Waals surface area contributed by atoms with Crippen molar-refractivity contribution in [1.82, 2.24) is 20.2 Å². The van der Waals surface area contributed by atoms with E-state index < -0.39 is 0 Å². The molecule has 1 saturated carbocycles. The lowest BCUT2D eigenvalue weighted by molar-refractivity contribution is 0.0661. The maximum Gasteiger partial charge on any atom is 0.296 e. The van der Waals surface area contributed by atoms with Crippen molar-refractivity contribution in [3.8, 4) is 22.1 Å². The number of halogens is 1. The molecule has 0 spiro atoms. The van der Waals surface area contributed by atoms with E-state index in [-0.39, 0.29) is 18.1 Å². The quantitative estimate of drug-likeness (QED) is 0.468. The van der Waals surface area contributed by atoms with Crippen LogP contribution in [0.15, 0.2) is 29.1 Å². The van der Waals surface area contributed by atoms with Gasteiger partial charge in [-0.2, -0.15) is 0 Å². The zero-order valence-electron chi connectivity index (χ0n) is 17.5. The molecule has 0 saturated heterocycles. The summed E-state index contributed by atoms with van der Waals surface area (Å²) >= 11 is 4.54. The summed E-state index contributed by atoms with van der Waals surface area (Å²) in [5.74, 6) is 0.169. The summed E-state index contributed by atoms with van der Waals surface area (Å²) in [5, 5.41) is 21.2. The van der Waals surface area contributed by atoms with Gasteiger partial charge in [0, 0.05) is 23.0 Å². The summed E-state index contributed by atoms with van der Waals surface area (Å²) in [7, 11) is 1.55. The lowest BCUT2D eigenvalue weighted by atomic mass is 9.95. The summed E-state index contributed by atoms with van der Waals surface area (Å²) in [6.07, 6.45) is 5.83. The highest BCUT2D eigenvalue weighted by Crippen LogP contribution is 2.34. The number of aromatic nitrogens is 4. The molecule has 0 unspecified atom stereocenters. The number of rotatable bonds is 6. The second-order valence-electron chi connectivity index (χ2n) is 7.45. The van der Waals surface area contributed by atoms with Crippen LogP contribution in [0.5, 0.6) is 10.9 Å². The van der Waals surface area contributed by atoms with Crippen LogP contribution in [0.2, 0.25) is 0 Å². The maximum atomic E-state index is 13.1. The Morgan fingerprint density at radius 3 is 2.69 bits per heavy atom. The first-order chi connectivity index (χ1) is 15.4. The van der Waals surface area contributed by atoms with Gasteiger partial charge in [-0.1, -0.05) is 5.10 Å². The van der Waals surface area contributed by atoms with E-state index in [0.717, 1.165) is 29.9 Å². The van der Waals surface area contributed by atoms with Crippen LogP contribution >= 0.6 is 27.3 Å². The van der Waals surface area contributed by atoms with Crippen LogP contribution in [0.3, 0.4) is 0 Å².